The van der Waals surface area contributed by atoms with Gasteiger partial charge in [-0.3, -0.25) is 4.98 Å². The lowest BCUT2D eigenvalue weighted by Crippen LogP contribution is -2.74. The van der Waals surface area contributed by atoms with Gasteiger partial charge in [0, 0.05) is 33.8 Å². The molecule has 1 saturated carbocycles. The van der Waals surface area contributed by atoms with Gasteiger partial charge in [-0.25, -0.2) is 0 Å². The Morgan fingerprint density at radius 1 is 0.526 bits per heavy atom. The maximum Gasteiger partial charge on any atom is 0.180 e. The molecule has 4 heteroatoms. The zero-order valence-electron chi connectivity index (χ0n) is 32.6. The van der Waals surface area contributed by atoms with Gasteiger partial charge in [0.2, 0.25) is 0 Å². The number of rotatable bonds is 6. The number of nitrogens with zero attached hydrogens (tertiary/aromatic N) is 3. The van der Waals surface area contributed by atoms with Crippen molar-refractivity contribution in [1.82, 2.24) is 9.55 Å². The summed E-state index contributed by atoms with van der Waals surface area (Å²) in [6.45, 7) is 4.99. The average Bonchev–Trinajstić information content (AvgIpc) is 3.71. The molecule has 0 radical (unpaired) electrons. The highest BCUT2D eigenvalue weighted by atomic mass is 28.3. The Bertz CT molecular complexity index is 2930. The van der Waals surface area contributed by atoms with Crippen molar-refractivity contribution in [2.45, 2.75) is 50.5 Å². The maximum absolute atomic E-state index is 4.68. The maximum atomic E-state index is 4.68. The van der Waals surface area contributed by atoms with Crippen molar-refractivity contribution in [1.29, 1.82) is 0 Å². The van der Waals surface area contributed by atoms with E-state index in [1.54, 1.807) is 0 Å². The molecule has 0 saturated heterocycles. The zero-order valence-corrected chi connectivity index (χ0v) is 33.6. The Balaban J connectivity index is 1.15. The number of aromatic nitrogens is 2. The van der Waals surface area contributed by atoms with Crippen LogP contribution in [0.15, 0.2) is 188 Å². The van der Waals surface area contributed by atoms with Gasteiger partial charge in [0.1, 0.15) is 0 Å². The van der Waals surface area contributed by atoms with Crippen LogP contribution in [0.2, 0.25) is 0 Å². The minimum atomic E-state index is -2.86. The number of anilines is 2. The molecule has 2 unspecified atom stereocenters. The summed E-state index contributed by atoms with van der Waals surface area (Å²) >= 11 is 0. The van der Waals surface area contributed by atoms with Crippen molar-refractivity contribution in [2.75, 3.05) is 4.90 Å². The molecule has 3 heterocycles. The third-order valence-corrected chi connectivity index (χ3v) is 18.8. The van der Waals surface area contributed by atoms with Crippen LogP contribution in [0, 0.1) is 0 Å². The fraction of sp³-hybridized carbons (Fsp3) is 0.151. The van der Waals surface area contributed by atoms with Gasteiger partial charge in [-0.1, -0.05) is 153 Å². The molecule has 1 aliphatic heterocycles. The number of hydrogen-bond donors (Lipinski definition) is 0. The Hall–Kier alpha value is -6.23. The molecule has 2 aromatic heterocycles. The summed E-state index contributed by atoms with van der Waals surface area (Å²) in [5, 5.41) is 10.6. The molecule has 2 atom stereocenters. The van der Waals surface area contributed by atoms with Gasteiger partial charge in [-0.15, -0.1) is 0 Å². The first-order chi connectivity index (χ1) is 28.0. The molecule has 0 amide bonds. The van der Waals surface area contributed by atoms with E-state index in [4.69, 9.17) is 0 Å². The van der Waals surface area contributed by atoms with E-state index in [1.807, 2.05) is 6.20 Å². The van der Waals surface area contributed by atoms with E-state index < -0.39 is 8.07 Å². The normalized spacial score (nSPS) is 19.2. The first-order valence-corrected chi connectivity index (χ1v) is 22.5. The van der Waals surface area contributed by atoms with Crippen molar-refractivity contribution in [2.24, 2.45) is 0 Å². The summed E-state index contributed by atoms with van der Waals surface area (Å²) in [7, 11) is -2.86. The second-order valence-corrected chi connectivity index (χ2v) is 20.4. The lowest BCUT2D eigenvalue weighted by molar-refractivity contribution is 0.195. The van der Waals surface area contributed by atoms with Gasteiger partial charge in [0.05, 0.1) is 28.5 Å². The molecule has 1 aliphatic carbocycles. The van der Waals surface area contributed by atoms with E-state index in [0.717, 1.165) is 6.42 Å². The van der Waals surface area contributed by atoms with Crippen LogP contribution in [0.3, 0.4) is 0 Å². The highest BCUT2D eigenvalue weighted by Crippen LogP contribution is 2.60. The summed E-state index contributed by atoms with van der Waals surface area (Å²) < 4.78 is 2.50. The third-order valence-electron chi connectivity index (χ3n) is 14.0. The van der Waals surface area contributed by atoms with Crippen LogP contribution in [0.1, 0.15) is 45.1 Å². The molecule has 57 heavy (non-hydrogen) atoms. The quantitative estimate of drug-likeness (QED) is 0.125. The summed E-state index contributed by atoms with van der Waals surface area (Å²) in [6, 6.07) is 66.3. The van der Waals surface area contributed by atoms with E-state index >= 15 is 0 Å². The molecule has 276 valence electrons. The first-order valence-electron chi connectivity index (χ1n) is 20.5. The standard InChI is InChI=1S/C53H45N3Si/c1-52-32-13-14-33-53(52,2)56(50-37-54-34-31-47(50)52)40-29-30-49-46(36-40)45-26-11-12-27-48(45)55(49)39-19-16-24-43(35-39)57(41-20-5-3-6-21-41,42-22-7-4-8-23-42)51-28-15-18-38-17-9-10-25-44(38)51/h3-12,15-31,34-37H,13-14,32-33H2,1-2H3. The molecule has 3 nitrogen and oxygen atoms in total. The third kappa shape index (κ3) is 4.80. The molecule has 2 aliphatic rings. The molecular formula is C53H45N3Si. The Morgan fingerprint density at radius 2 is 1.18 bits per heavy atom. The van der Waals surface area contributed by atoms with Crippen LogP contribution >= 0.6 is 0 Å². The van der Waals surface area contributed by atoms with Crippen LogP contribution in [0.5, 0.6) is 0 Å². The zero-order chi connectivity index (χ0) is 38.2. The van der Waals surface area contributed by atoms with E-state index in [2.05, 4.69) is 210 Å². The monoisotopic (exact) mass is 751 g/mol. The Morgan fingerprint density at radius 3 is 1.98 bits per heavy atom. The van der Waals surface area contributed by atoms with Crippen molar-refractivity contribution in [3.8, 4) is 5.69 Å². The summed E-state index contributed by atoms with van der Waals surface area (Å²) in [6.07, 6.45) is 8.97. The second kappa shape index (κ2) is 12.9. The minimum Gasteiger partial charge on any atom is -0.333 e. The molecule has 0 N–H and O–H groups in total. The molecule has 7 aromatic carbocycles. The van der Waals surface area contributed by atoms with E-state index in [1.165, 1.54) is 95.2 Å². The minimum absolute atomic E-state index is 0.0263. The van der Waals surface area contributed by atoms with Gasteiger partial charge in [-0.05, 0) is 99.3 Å². The van der Waals surface area contributed by atoms with Crippen LogP contribution < -0.4 is 25.6 Å². The van der Waals surface area contributed by atoms with Gasteiger partial charge >= 0.3 is 0 Å². The average molecular weight is 752 g/mol. The van der Waals surface area contributed by atoms with Crippen LogP contribution in [-0.2, 0) is 5.41 Å². The summed E-state index contributed by atoms with van der Waals surface area (Å²) in [5.74, 6) is 0. The number of hydrogen-bond acceptors (Lipinski definition) is 2. The summed E-state index contributed by atoms with van der Waals surface area (Å²) in [4.78, 5) is 7.32. The molecule has 0 bridgehead atoms. The van der Waals surface area contributed by atoms with E-state index in [9.17, 15) is 0 Å². The van der Waals surface area contributed by atoms with Gasteiger partial charge in [0.15, 0.2) is 8.07 Å². The van der Waals surface area contributed by atoms with Crippen molar-refractivity contribution >= 4 is 72.8 Å². The number of fused-ring (bicyclic) bond motifs is 7. The number of para-hydroxylation sites is 1. The smallest absolute Gasteiger partial charge is 0.180 e. The highest BCUT2D eigenvalue weighted by molar-refractivity contribution is 7.20. The lowest BCUT2D eigenvalue weighted by Gasteiger charge is -2.50. The second-order valence-electron chi connectivity index (χ2n) is 16.7. The summed E-state index contributed by atoms with van der Waals surface area (Å²) in [5.41, 5.74) is 7.61. The Kier molecular flexibility index (Phi) is 7.71. The molecule has 9 aromatic rings. The van der Waals surface area contributed by atoms with Crippen molar-refractivity contribution < 1.29 is 0 Å². The SMILES string of the molecule is CC12CCCCC1(C)N(c1ccc3c(c1)c1ccccc1n3-c1cccc([Si](c3ccccc3)(c3ccccc3)c3cccc4ccccc34)c1)c1cnccc12. The predicted octanol–water partition coefficient (Wildman–Crippen LogP) is 10.5. The molecule has 11 rings (SSSR count). The largest absolute Gasteiger partial charge is 0.333 e. The lowest BCUT2D eigenvalue weighted by atomic mass is 9.61. The first kappa shape index (κ1) is 34.1. The van der Waals surface area contributed by atoms with Gasteiger partial charge in [-0.2, -0.15) is 0 Å². The predicted molar refractivity (Wildman–Crippen MR) is 243 cm³/mol. The van der Waals surface area contributed by atoms with E-state index in [-0.39, 0.29) is 11.0 Å². The van der Waals surface area contributed by atoms with E-state index in [0.29, 0.717) is 0 Å². The topological polar surface area (TPSA) is 21.1 Å². The van der Waals surface area contributed by atoms with Gasteiger partial charge in [0.25, 0.3) is 0 Å². The van der Waals surface area contributed by atoms with Crippen LogP contribution in [-0.4, -0.2) is 23.2 Å². The number of pyridine rings is 1. The Labute approximate surface area is 335 Å². The number of benzene rings is 7. The highest BCUT2D eigenvalue weighted by Gasteiger charge is 2.57. The fourth-order valence-electron chi connectivity index (χ4n) is 11.1. The van der Waals surface area contributed by atoms with Crippen molar-refractivity contribution in [3.63, 3.8) is 0 Å². The van der Waals surface area contributed by atoms with Crippen molar-refractivity contribution in [3.05, 3.63) is 194 Å². The molecular weight excluding hydrogens is 707 g/mol. The van der Waals surface area contributed by atoms with Crippen LogP contribution in [0.4, 0.5) is 11.4 Å². The van der Waals surface area contributed by atoms with Crippen LogP contribution in [0.25, 0.3) is 38.3 Å². The fourth-order valence-corrected chi connectivity index (χ4v) is 16.2. The van der Waals surface area contributed by atoms with Gasteiger partial charge < -0.3 is 9.47 Å². The molecule has 1 fully saturated rings. The molecule has 0 spiro atoms.